The van der Waals surface area contributed by atoms with E-state index in [0.29, 0.717) is 64.6 Å². The van der Waals surface area contributed by atoms with Crippen LogP contribution >= 0.6 is 34.7 Å². The van der Waals surface area contributed by atoms with Crippen molar-refractivity contribution in [3.63, 3.8) is 0 Å². The normalized spacial score (nSPS) is 19.9. The van der Waals surface area contributed by atoms with E-state index >= 15 is 0 Å². The maximum atomic E-state index is 14.7. The summed E-state index contributed by atoms with van der Waals surface area (Å²) in [6.45, 7) is 13.2. The molecule has 74 heavy (non-hydrogen) atoms. The van der Waals surface area contributed by atoms with Gasteiger partial charge in [0.2, 0.25) is 23.6 Å². The monoisotopic (exact) mass is 1070 g/mol. The Morgan fingerprint density at radius 3 is 2.42 bits per heavy atom. The van der Waals surface area contributed by atoms with Gasteiger partial charge in [-0.3, -0.25) is 24.0 Å². The number of aliphatic hydroxyl groups excluding tert-OH is 1. The number of carbonyl (C=O) groups excluding carboxylic acids is 5. The number of aliphatic hydroxyl groups is 1. The number of aryl methyl sites for hydroxylation is 1. The molecule has 5 amide bonds. The zero-order valence-corrected chi connectivity index (χ0v) is 45.1. The van der Waals surface area contributed by atoms with E-state index in [-0.39, 0.29) is 56.0 Å². The number of benzene rings is 2. The van der Waals surface area contributed by atoms with Crippen LogP contribution in [0.15, 0.2) is 64.2 Å². The fourth-order valence-electron chi connectivity index (χ4n) is 9.63. The highest BCUT2D eigenvalue weighted by Gasteiger charge is 2.53. The number of amides is 5. The Kier molecular flexibility index (Phi) is 17.2. The number of hydrogen-bond acceptors (Lipinski definition) is 14. The van der Waals surface area contributed by atoms with Crippen LogP contribution < -0.4 is 31.3 Å². The van der Waals surface area contributed by atoms with Crippen molar-refractivity contribution in [2.45, 2.75) is 133 Å². The van der Waals surface area contributed by atoms with E-state index in [0.717, 1.165) is 60.7 Å². The summed E-state index contributed by atoms with van der Waals surface area (Å²) in [5.74, 6) is -0.943. The van der Waals surface area contributed by atoms with Crippen LogP contribution in [0.5, 0.6) is 5.75 Å². The molecule has 3 atom stereocenters. The number of ether oxygens (including phenoxy) is 1. The van der Waals surface area contributed by atoms with E-state index in [4.69, 9.17) is 22.1 Å². The molecule has 1 aliphatic carbocycles. The Hall–Kier alpha value is -5.41. The molecule has 3 aliphatic heterocycles. The van der Waals surface area contributed by atoms with Gasteiger partial charge in [-0.1, -0.05) is 69.3 Å². The second-order valence-corrected chi connectivity index (χ2v) is 23.9. The molecule has 0 bridgehead atoms. The van der Waals surface area contributed by atoms with Gasteiger partial charge in [0, 0.05) is 56.1 Å². The van der Waals surface area contributed by atoms with Gasteiger partial charge in [-0.05, 0) is 98.9 Å². The molecule has 2 aromatic heterocycles. The first-order valence-corrected chi connectivity index (χ1v) is 27.5. The standard InChI is InChI=1S/C53H68ClFN10O7S2/c1-32-46(73-31-60-32)34-9-10-35(26-59-48(69)38-24-36(66)29-65(38)49(70)47(51(2,3)4)62-50(71)53(55)14-15-53)39(23-34)72-22-13-33-11-18-64(19-12-33)44(68)25-42(67)61-37-7-6-8-40(45(37)54)74-43-28-57-41(27-58-43)63-20-16-52(5,30-56)17-21-63/h6-10,23,27-28,31,33,36,38,47,66H,11-22,24-26,29-30,56H2,1-5H3,(H,59,69)(H,61,67)(H,62,71)/t36-,38+,47-/m1/s1. The van der Waals surface area contributed by atoms with Crippen molar-refractivity contribution in [1.82, 2.24) is 35.4 Å². The lowest BCUT2D eigenvalue weighted by Crippen LogP contribution is -2.59. The van der Waals surface area contributed by atoms with Gasteiger partial charge in [-0.25, -0.2) is 19.3 Å². The topological polar surface area (TPSA) is 225 Å². The Morgan fingerprint density at radius 1 is 1.03 bits per heavy atom. The summed E-state index contributed by atoms with van der Waals surface area (Å²) in [6, 6.07) is 8.97. The van der Waals surface area contributed by atoms with Crippen molar-refractivity contribution in [3.8, 4) is 16.2 Å². The van der Waals surface area contributed by atoms with Gasteiger partial charge >= 0.3 is 0 Å². The molecule has 0 radical (unpaired) electrons. The number of anilines is 2. The third kappa shape index (κ3) is 13.3. The lowest BCUT2D eigenvalue weighted by molar-refractivity contribution is -0.145. The van der Waals surface area contributed by atoms with Gasteiger partial charge in [0.15, 0.2) is 5.67 Å². The molecule has 0 unspecified atom stereocenters. The zero-order valence-electron chi connectivity index (χ0n) is 42.8. The number of nitrogens with zero attached hydrogens (tertiary/aromatic N) is 6. The third-order valence-corrected chi connectivity index (χ3v) is 17.3. The Labute approximate surface area is 445 Å². The Bertz CT molecular complexity index is 2690. The molecule has 0 spiro atoms. The van der Waals surface area contributed by atoms with Crippen LogP contribution in [0, 0.1) is 23.7 Å². The lowest BCUT2D eigenvalue weighted by atomic mass is 9.80. The molecular weight excluding hydrogens is 1010 g/mol. The number of nitrogens with two attached hydrogens (primary N) is 1. The van der Waals surface area contributed by atoms with E-state index in [1.807, 2.05) is 31.2 Å². The molecule has 2 aromatic carbocycles. The number of thiazole rings is 1. The van der Waals surface area contributed by atoms with Crippen LogP contribution in [0.1, 0.15) is 96.7 Å². The number of piperidine rings is 2. The molecule has 4 fully saturated rings. The van der Waals surface area contributed by atoms with Gasteiger partial charge in [-0.2, -0.15) is 0 Å². The summed E-state index contributed by atoms with van der Waals surface area (Å²) in [5.41, 5.74) is 8.02. The maximum absolute atomic E-state index is 14.7. The number of alkyl halides is 1. The molecule has 17 nitrogen and oxygen atoms in total. The quantitative estimate of drug-likeness (QED) is 0.0639. The summed E-state index contributed by atoms with van der Waals surface area (Å²) in [4.78, 5) is 87.7. The molecule has 398 valence electrons. The fourth-order valence-corrected chi connectivity index (χ4v) is 11.5. The first kappa shape index (κ1) is 54.8. The van der Waals surface area contributed by atoms with Crippen LogP contribution in [-0.2, 0) is 30.5 Å². The second kappa shape index (κ2) is 23.2. The third-order valence-electron chi connectivity index (χ3n) is 14.8. The van der Waals surface area contributed by atoms with Crippen molar-refractivity contribution in [2.75, 3.05) is 56.1 Å². The van der Waals surface area contributed by atoms with Gasteiger partial charge in [-0.15, -0.1) is 11.3 Å². The van der Waals surface area contributed by atoms with Crippen LogP contribution in [0.25, 0.3) is 10.4 Å². The molecule has 4 aliphatic rings. The molecular formula is C53H68ClFN10O7S2. The molecule has 21 heteroatoms. The number of β-amino-alcohol motifs (C(OH)–C–C–N with tert-alkyl or cyclic N) is 1. The number of nitrogens with one attached hydrogen (secondary N) is 3. The van der Waals surface area contributed by atoms with Crippen LogP contribution in [-0.4, -0.2) is 129 Å². The Morgan fingerprint density at radius 2 is 1.77 bits per heavy atom. The molecule has 6 N–H and O–H groups in total. The average Bonchev–Trinajstić information content (AvgIpc) is 3.78. The summed E-state index contributed by atoms with van der Waals surface area (Å²) in [6.07, 6.45) is 6.57. The van der Waals surface area contributed by atoms with Gasteiger partial charge in [0.25, 0.3) is 5.91 Å². The summed E-state index contributed by atoms with van der Waals surface area (Å²) < 4.78 is 21.1. The van der Waals surface area contributed by atoms with Crippen molar-refractivity contribution in [2.24, 2.45) is 22.5 Å². The number of likely N-dealkylation sites (tertiary alicyclic amines) is 2. The van der Waals surface area contributed by atoms with Crippen LogP contribution in [0.3, 0.4) is 0 Å². The maximum Gasteiger partial charge on any atom is 0.258 e. The van der Waals surface area contributed by atoms with Gasteiger partial charge in [0.1, 0.15) is 35.1 Å². The predicted octanol–water partition coefficient (Wildman–Crippen LogP) is 6.93. The SMILES string of the molecule is Cc1ncsc1-c1ccc(CNC(=O)[C@@H]2C[C@@H](O)CN2C(=O)[C@@H](NC(=O)C2(F)CC2)C(C)(C)C)c(OCCC2CCN(C(=O)CC(=O)Nc3cccc(Sc4cnc(N5CCC(C)(CN)CC5)cn4)c3Cl)CC2)c1. The van der Waals surface area contributed by atoms with Gasteiger partial charge < -0.3 is 46.2 Å². The van der Waals surface area contributed by atoms with E-state index in [1.54, 1.807) is 55.7 Å². The molecule has 5 heterocycles. The number of rotatable bonds is 18. The Balaban J connectivity index is 0.814. The summed E-state index contributed by atoms with van der Waals surface area (Å²) in [7, 11) is 0. The van der Waals surface area contributed by atoms with E-state index in [2.05, 4.69) is 42.7 Å². The van der Waals surface area contributed by atoms with Crippen molar-refractivity contribution < 1.29 is 38.2 Å². The highest BCUT2D eigenvalue weighted by Crippen LogP contribution is 2.41. The number of carbonyl (C=O) groups is 5. The highest BCUT2D eigenvalue weighted by molar-refractivity contribution is 7.99. The number of halogens is 2. The minimum atomic E-state index is -1.99. The molecule has 8 rings (SSSR count). The molecule has 4 aromatic rings. The van der Waals surface area contributed by atoms with Crippen LogP contribution in [0.2, 0.25) is 5.02 Å². The minimum absolute atomic E-state index is 0.00588. The first-order valence-electron chi connectivity index (χ1n) is 25.5. The molecule has 3 saturated heterocycles. The van der Waals surface area contributed by atoms with Crippen LogP contribution in [0.4, 0.5) is 15.9 Å². The summed E-state index contributed by atoms with van der Waals surface area (Å²) >= 11 is 9.62. The average molecular weight is 1080 g/mol. The second-order valence-electron chi connectivity index (χ2n) is 21.6. The van der Waals surface area contributed by atoms with Gasteiger partial charge in [0.05, 0.1) is 51.9 Å². The number of hydrogen-bond donors (Lipinski definition) is 5. The van der Waals surface area contributed by atoms with Crippen molar-refractivity contribution >= 4 is 75.7 Å². The predicted molar refractivity (Wildman–Crippen MR) is 284 cm³/mol. The highest BCUT2D eigenvalue weighted by atomic mass is 35.5. The lowest BCUT2D eigenvalue weighted by Gasteiger charge is -2.39. The smallest absolute Gasteiger partial charge is 0.258 e. The number of aromatic nitrogens is 3. The summed E-state index contributed by atoms with van der Waals surface area (Å²) in [5, 5.41) is 20.1. The van der Waals surface area contributed by atoms with E-state index in [9.17, 15) is 33.5 Å². The zero-order chi connectivity index (χ0) is 53.0. The van der Waals surface area contributed by atoms with E-state index in [1.165, 1.54) is 28.0 Å². The minimum Gasteiger partial charge on any atom is -0.493 e. The largest absolute Gasteiger partial charge is 0.493 e. The first-order chi connectivity index (χ1) is 35.2. The van der Waals surface area contributed by atoms with E-state index < -0.39 is 52.9 Å². The van der Waals surface area contributed by atoms with Crippen molar-refractivity contribution in [3.05, 3.63) is 70.6 Å². The van der Waals surface area contributed by atoms with Crippen molar-refractivity contribution in [1.29, 1.82) is 0 Å². The fraction of sp³-hybridized carbons (Fsp3) is 0.547. The molecule has 1 saturated carbocycles.